The Morgan fingerprint density at radius 2 is 2.15 bits per heavy atom. The summed E-state index contributed by atoms with van der Waals surface area (Å²) in [5, 5.41) is 9.31. The topological polar surface area (TPSA) is 46.2 Å². The molecule has 72 valence electrons. The summed E-state index contributed by atoms with van der Waals surface area (Å²) < 4.78 is 13.6. The van der Waals surface area contributed by atoms with E-state index in [4.69, 9.17) is 5.73 Å². The summed E-state index contributed by atoms with van der Waals surface area (Å²) in [6, 6.07) is 2.94. The first-order chi connectivity index (χ1) is 6.15. The minimum atomic E-state index is -0.596. The third-order valence-corrected chi connectivity index (χ3v) is 2.22. The molecule has 0 amide bonds. The van der Waals surface area contributed by atoms with Crippen LogP contribution in [-0.2, 0) is 6.42 Å². The van der Waals surface area contributed by atoms with Gasteiger partial charge in [0.15, 0.2) is 11.6 Å². The van der Waals surface area contributed by atoms with Gasteiger partial charge in [-0.05, 0) is 37.1 Å². The fourth-order valence-corrected chi connectivity index (χ4v) is 1.58. The molecule has 13 heavy (non-hydrogen) atoms. The lowest BCUT2D eigenvalue weighted by Gasteiger charge is -2.05. The van der Waals surface area contributed by atoms with Crippen molar-refractivity contribution >= 4 is 15.9 Å². The molecule has 0 spiro atoms. The number of rotatable bonds is 3. The summed E-state index contributed by atoms with van der Waals surface area (Å²) in [7, 11) is 0. The summed E-state index contributed by atoms with van der Waals surface area (Å²) in [6.45, 7) is 0.535. The fourth-order valence-electron chi connectivity index (χ4n) is 1.10. The summed E-state index contributed by atoms with van der Waals surface area (Å²) >= 11 is 3.16. The maximum atomic E-state index is 13.0. The smallest absolute Gasteiger partial charge is 0.166 e. The summed E-state index contributed by atoms with van der Waals surface area (Å²) in [5.74, 6) is -0.863. The van der Waals surface area contributed by atoms with Gasteiger partial charge < -0.3 is 10.8 Å². The van der Waals surface area contributed by atoms with Crippen molar-refractivity contribution in [3.63, 3.8) is 0 Å². The molecular formula is C9H11BrFNO. The number of aryl methyl sites for hydroxylation is 1. The van der Waals surface area contributed by atoms with E-state index < -0.39 is 5.82 Å². The lowest BCUT2D eigenvalue weighted by Crippen LogP contribution is -2.00. The molecule has 0 fully saturated rings. The van der Waals surface area contributed by atoms with Crippen LogP contribution in [0.25, 0.3) is 0 Å². The van der Waals surface area contributed by atoms with Gasteiger partial charge >= 0.3 is 0 Å². The SMILES string of the molecule is NCCCc1cc(Br)cc(F)c1O. The highest BCUT2D eigenvalue weighted by Gasteiger charge is 2.07. The lowest BCUT2D eigenvalue weighted by atomic mass is 10.1. The predicted molar refractivity (Wildman–Crippen MR) is 53.1 cm³/mol. The number of hydrogen-bond acceptors (Lipinski definition) is 2. The zero-order chi connectivity index (χ0) is 9.84. The Kier molecular flexibility index (Phi) is 3.69. The van der Waals surface area contributed by atoms with Gasteiger partial charge in [0, 0.05) is 4.47 Å². The zero-order valence-electron chi connectivity index (χ0n) is 7.06. The minimum Gasteiger partial charge on any atom is -0.505 e. The Morgan fingerprint density at radius 3 is 2.77 bits per heavy atom. The average molecular weight is 248 g/mol. The maximum absolute atomic E-state index is 13.0. The fraction of sp³-hybridized carbons (Fsp3) is 0.333. The van der Waals surface area contributed by atoms with Crippen molar-refractivity contribution in [2.24, 2.45) is 5.73 Å². The van der Waals surface area contributed by atoms with Crippen LogP contribution in [-0.4, -0.2) is 11.7 Å². The molecule has 0 unspecified atom stereocenters. The molecule has 0 heterocycles. The van der Waals surface area contributed by atoms with Crippen molar-refractivity contribution in [1.82, 2.24) is 0 Å². The van der Waals surface area contributed by atoms with Crippen LogP contribution in [0.2, 0.25) is 0 Å². The van der Waals surface area contributed by atoms with Gasteiger partial charge in [-0.25, -0.2) is 4.39 Å². The minimum absolute atomic E-state index is 0.267. The number of phenols is 1. The van der Waals surface area contributed by atoms with Crippen molar-refractivity contribution in [2.75, 3.05) is 6.54 Å². The van der Waals surface area contributed by atoms with Gasteiger partial charge in [-0.15, -0.1) is 0 Å². The van der Waals surface area contributed by atoms with Crippen molar-refractivity contribution < 1.29 is 9.50 Å². The van der Waals surface area contributed by atoms with E-state index in [1.165, 1.54) is 6.07 Å². The van der Waals surface area contributed by atoms with Crippen LogP contribution >= 0.6 is 15.9 Å². The van der Waals surface area contributed by atoms with Gasteiger partial charge in [-0.3, -0.25) is 0 Å². The molecule has 0 aliphatic rings. The van der Waals surface area contributed by atoms with Crippen LogP contribution in [0.4, 0.5) is 4.39 Å². The number of hydrogen-bond donors (Lipinski definition) is 2. The molecule has 0 bridgehead atoms. The van der Waals surface area contributed by atoms with Crippen molar-refractivity contribution in [3.05, 3.63) is 28.0 Å². The number of nitrogens with two attached hydrogens (primary N) is 1. The van der Waals surface area contributed by atoms with Gasteiger partial charge in [0.25, 0.3) is 0 Å². The monoisotopic (exact) mass is 247 g/mol. The second-order valence-electron chi connectivity index (χ2n) is 2.79. The lowest BCUT2D eigenvalue weighted by molar-refractivity contribution is 0.425. The molecule has 0 aromatic heterocycles. The van der Waals surface area contributed by atoms with E-state index in [2.05, 4.69) is 15.9 Å². The third kappa shape index (κ3) is 2.67. The molecular weight excluding hydrogens is 237 g/mol. The van der Waals surface area contributed by atoms with E-state index >= 15 is 0 Å². The first-order valence-corrected chi connectivity index (χ1v) is 4.81. The largest absolute Gasteiger partial charge is 0.505 e. The van der Waals surface area contributed by atoms with Gasteiger partial charge in [0.2, 0.25) is 0 Å². The Bertz CT molecular complexity index is 304. The van der Waals surface area contributed by atoms with Gasteiger partial charge in [0.1, 0.15) is 0 Å². The van der Waals surface area contributed by atoms with Crippen molar-refractivity contribution in [3.8, 4) is 5.75 Å². The molecule has 0 aliphatic carbocycles. The molecule has 1 aromatic carbocycles. The van der Waals surface area contributed by atoms with Crippen molar-refractivity contribution in [1.29, 1.82) is 0 Å². The molecule has 4 heteroatoms. The average Bonchev–Trinajstić information content (AvgIpc) is 2.09. The third-order valence-electron chi connectivity index (χ3n) is 1.76. The van der Waals surface area contributed by atoms with E-state index in [0.717, 1.165) is 6.42 Å². The molecule has 0 saturated heterocycles. The van der Waals surface area contributed by atoms with Crippen LogP contribution in [0.5, 0.6) is 5.75 Å². The second-order valence-corrected chi connectivity index (χ2v) is 3.70. The molecule has 1 rings (SSSR count). The second kappa shape index (κ2) is 4.58. The zero-order valence-corrected chi connectivity index (χ0v) is 8.64. The number of halogens is 2. The molecule has 2 nitrogen and oxygen atoms in total. The van der Waals surface area contributed by atoms with E-state index in [1.54, 1.807) is 6.07 Å². The summed E-state index contributed by atoms with van der Waals surface area (Å²) in [6.07, 6.45) is 1.34. The molecule has 0 aliphatic heterocycles. The molecule has 0 saturated carbocycles. The highest BCUT2D eigenvalue weighted by atomic mass is 79.9. The van der Waals surface area contributed by atoms with Crippen LogP contribution < -0.4 is 5.73 Å². The van der Waals surface area contributed by atoms with Gasteiger partial charge in [0.05, 0.1) is 0 Å². The standard InChI is InChI=1S/C9H11BrFNO/c10-7-4-6(2-1-3-12)9(13)8(11)5-7/h4-5,13H,1-3,12H2. The van der Waals surface area contributed by atoms with E-state index in [0.29, 0.717) is 23.0 Å². The van der Waals surface area contributed by atoms with Gasteiger partial charge in [-0.1, -0.05) is 15.9 Å². The van der Waals surface area contributed by atoms with Crippen molar-refractivity contribution in [2.45, 2.75) is 12.8 Å². The number of aromatic hydroxyl groups is 1. The first-order valence-electron chi connectivity index (χ1n) is 4.02. The summed E-state index contributed by atoms with van der Waals surface area (Å²) in [5.41, 5.74) is 5.91. The van der Waals surface area contributed by atoms with Crippen LogP contribution in [0.15, 0.2) is 16.6 Å². The van der Waals surface area contributed by atoms with E-state index in [1.807, 2.05) is 0 Å². The maximum Gasteiger partial charge on any atom is 0.166 e. The van der Waals surface area contributed by atoms with E-state index in [9.17, 15) is 9.50 Å². The number of phenolic OH excluding ortho intramolecular Hbond substituents is 1. The van der Waals surface area contributed by atoms with Crippen LogP contribution in [0.1, 0.15) is 12.0 Å². The normalized spacial score (nSPS) is 10.4. The number of benzene rings is 1. The Morgan fingerprint density at radius 1 is 1.46 bits per heavy atom. The Balaban J connectivity index is 2.92. The van der Waals surface area contributed by atoms with Crippen LogP contribution in [0.3, 0.4) is 0 Å². The quantitative estimate of drug-likeness (QED) is 0.861. The highest BCUT2D eigenvalue weighted by molar-refractivity contribution is 9.10. The Hall–Kier alpha value is -0.610. The Labute approximate surface area is 84.7 Å². The molecule has 3 N–H and O–H groups in total. The van der Waals surface area contributed by atoms with Gasteiger partial charge in [-0.2, -0.15) is 0 Å². The van der Waals surface area contributed by atoms with E-state index in [-0.39, 0.29) is 5.75 Å². The highest BCUT2D eigenvalue weighted by Crippen LogP contribution is 2.26. The first kappa shape index (κ1) is 10.5. The summed E-state index contributed by atoms with van der Waals surface area (Å²) in [4.78, 5) is 0. The molecule has 0 radical (unpaired) electrons. The van der Waals surface area contributed by atoms with Crippen LogP contribution in [0, 0.1) is 5.82 Å². The predicted octanol–water partition coefficient (Wildman–Crippen LogP) is 2.19. The molecule has 1 aromatic rings. The molecule has 0 atom stereocenters.